The monoisotopic (exact) mass is 297 g/mol. The van der Waals surface area contributed by atoms with Crippen LogP contribution in [0, 0.1) is 12.3 Å². The Labute approximate surface area is 132 Å². The molecule has 1 aliphatic carbocycles. The van der Waals surface area contributed by atoms with Crippen molar-refractivity contribution < 1.29 is 9.47 Å². The van der Waals surface area contributed by atoms with Crippen LogP contribution in [0.4, 0.5) is 0 Å². The summed E-state index contributed by atoms with van der Waals surface area (Å²) >= 11 is 0. The maximum absolute atomic E-state index is 5.83. The van der Waals surface area contributed by atoms with Crippen molar-refractivity contribution in [1.29, 1.82) is 0 Å². The average Bonchev–Trinajstić information content (AvgIpc) is 3.01. The molecule has 0 saturated heterocycles. The van der Waals surface area contributed by atoms with Gasteiger partial charge in [-0.1, -0.05) is 18.8 Å². The van der Waals surface area contributed by atoms with Gasteiger partial charge in [-0.25, -0.2) is 0 Å². The van der Waals surface area contributed by atoms with Gasteiger partial charge < -0.3 is 9.47 Å². The van der Waals surface area contributed by atoms with Crippen molar-refractivity contribution in [2.45, 2.75) is 44.1 Å². The molecule has 3 nitrogen and oxygen atoms in total. The number of hydrogen-bond acceptors (Lipinski definition) is 3. The lowest BCUT2D eigenvalue weighted by atomic mass is 9.71. The summed E-state index contributed by atoms with van der Waals surface area (Å²) in [6.45, 7) is 5.34. The van der Waals surface area contributed by atoms with Crippen molar-refractivity contribution >= 4 is 0 Å². The third-order valence-corrected chi connectivity index (χ3v) is 5.64. The van der Waals surface area contributed by atoms with Gasteiger partial charge in [0.15, 0.2) is 11.5 Å². The summed E-state index contributed by atoms with van der Waals surface area (Å²) in [5, 5.41) is 0. The second kappa shape index (κ2) is 5.21. The van der Waals surface area contributed by atoms with Gasteiger partial charge in [-0.2, -0.15) is 0 Å². The van der Waals surface area contributed by atoms with E-state index in [1.54, 1.807) is 0 Å². The predicted octanol–water partition coefficient (Wildman–Crippen LogP) is 3.28. The van der Waals surface area contributed by atoms with Crippen molar-refractivity contribution in [2.24, 2.45) is 0 Å². The zero-order chi connectivity index (χ0) is 15.2. The molecule has 1 aromatic carbocycles. The van der Waals surface area contributed by atoms with Crippen LogP contribution in [0.3, 0.4) is 0 Å². The molecule has 3 aliphatic rings. The van der Waals surface area contributed by atoms with Crippen LogP contribution in [0.1, 0.15) is 49.8 Å². The molecular formula is C19H23NO2. The Hall–Kier alpha value is -1.66. The highest BCUT2D eigenvalue weighted by Gasteiger charge is 2.44. The zero-order valence-corrected chi connectivity index (χ0v) is 13.2. The minimum atomic E-state index is 0.258. The number of nitrogens with zero attached hydrogens (tertiary/aromatic N) is 1. The van der Waals surface area contributed by atoms with Gasteiger partial charge in [-0.05, 0) is 43.0 Å². The lowest BCUT2D eigenvalue weighted by Crippen LogP contribution is -2.46. The molecule has 1 saturated carbocycles. The Balaban J connectivity index is 1.85. The molecule has 2 aliphatic heterocycles. The van der Waals surface area contributed by atoms with Crippen molar-refractivity contribution in [3.63, 3.8) is 0 Å². The van der Waals surface area contributed by atoms with Crippen LogP contribution < -0.4 is 9.47 Å². The lowest BCUT2D eigenvalue weighted by Gasteiger charge is -2.45. The SMILES string of the molecule is C#CCN1CC2(CCCC2)c2cc3c(cc2C1C)OCCO3. The van der Waals surface area contributed by atoms with E-state index in [1.807, 2.05) is 0 Å². The molecular weight excluding hydrogens is 274 g/mol. The summed E-state index contributed by atoms with van der Waals surface area (Å²) < 4.78 is 11.6. The summed E-state index contributed by atoms with van der Waals surface area (Å²) in [6.07, 6.45) is 10.7. The third kappa shape index (κ3) is 2.01. The molecule has 0 aromatic heterocycles. The Kier molecular flexibility index (Phi) is 3.31. The van der Waals surface area contributed by atoms with Crippen LogP contribution in [0.25, 0.3) is 0 Å². The largest absolute Gasteiger partial charge is 0.486 e. The highest BCUT2D eigenvalue weighted by Crippen LogP contribution is 2.51. The Morgan fingerprint density at radius 1 is 1.23 bits per heavy atom. The third-order valence-electron chi connectivity index (χ3n) is 5.64. The quantitative estimate of drug-likeness (QED) is 0.743. The smallest absolute Gasteiger partial charge is 0.161 e. The normalized spacial score (nSPS) is 25.7. The molecule has 3 heteroatoms. The number of ether oxygens (including phenoxy) is 2. The standard InChI is InChI=1S/C19H23NO2/c1-3-8-20-13-19(6-4-5-7-19)16-12-18-17(21-9-10-22-18)11-15(16)14(20)2/h1,11-12,14H,4-10,13H2,2H3. The van der Waals surface area contributed by atoms with Gasteiger partial charge in [0.1, 0.15) is 13.2 Å². The van der Waals surface area contributed by atoms with E-state index in [0.717, 1.165) is 24.6 Å². The van der Waals surface area contributed by atoms with E-state index < -0.39 is 0 Å². The van der Waals surface area contributed by atoms with Crippen LogP contribution in [0.2, 0.25) is 0 Å². The minimum Gasteiger partial charge on any atom is -0.486 e. The van der Waals surface area contributed by atoms with Crippen LogP contribution in [-0.2, 0) is 5.41 Å². The molecule has 1 fully saturated rings. The predicted molar refractivity (Wildman–Crippen MR) is 86.4 cm³/mol. The van der Waals surface area contributed by atoms with Gasteiger partial charge >= 0.3 is 0 Å². The van der Waals surface area contributed by atoms with Crippen molar-refractivity contribution in [2.75, 3.05) is 26.3 Å². The first-order valence-corrected chi connectivity index (χ1v) is 8.35. The maximum Gasteiger partial charge on any atom is 0.161 e. The molecule has 1 unspecified atom stereocenters. The van der Waals surface area contributed by atoms with Gasteiger partial charge in [0.05, 0.1) is 6.54 Å². The fourth-order valence-electron chi connectivity index (χ4n) is 4.51. The molecule has 0 bridgehead atoms. The van der Waals surface area contributed by atoms with Crippen LogP contribution in [0.5, 0.6) is 11.5 Å². The first kappa shape index (κ1) is 14.0. The summed E-state index contributed by atoms with van der Waals surface area (Å²) in [6, 6.07) is 4.81. The molecule has 0 radical (unpaired) electrons. The first-order valence-electron chi connectivity index (χ1n) is 8.35. The number of hydrogen-bond donors (Lipinski definition) is 0. The molecule has 22 heavy (non-hydrogen) atoms. The topological polar surface area (TPSA) is 21.7 Å². The van der Waals surface area contributed by atoms with Gasteiger partial charge in [-0.15, -0.1) is 6.42 Å². The highest BCUT2D eigenvalue weighted by atomic mass is 16.6. The van der Waals surface area contributed by atoms with E-state index in [9.17, 15) is 0 Å². The van der Waals surface area contributed by atoms with Crippen LogP contribution >= 0.6 is 0 Å². The summed E-state index contributed by atoms with van der Waals surface area (Å²) in [5.74, 6) is 4.66. The fourth-order valence-corrected chi connectivity index (χ4v) is 4.51. The first-order chi connectivity index (χ1) is 10.7. The number of terminal acetylenes is 1. The number of rotatable bonds is 1. The van der Waals surface area contributed by atoms with E-state index in [4.69, 9.17) is 15.9 Å². The fraction of sp³-hybridized carbons (Fsp3) is 0.579. The number of fused-ring (bicyclic) bond motifs is 3. The molecule has 1 aromatic rings. The summed E-state index contributed by atoms with van der Waals surface area (Å²) in [5.41, 5.74) is 3.12. The van der Waals surface area contributed by atoms with Gasteiger partial charge in [0.2, 0.25) is 0 Å². The van der Waals surface area contributed by atoms with Gasteiger partial charge in [0, 0.05) is 18.0 Å². The van der Waals surface area contributed by atoms with E-state index in [0.29, 0.717) is 19.3 Å². The Morgan fingerprint density at radius 3 is 2.59 bits per heavy atom. The van der Waals surface area contributed by atoms with Crippen molar-refractivity contribution in [1.82, 2.24) is 4.90 Å². The molecule has 116 valence electrons. The minimum absolute atomic E-state index is 0.258. The summed E-state index contributed by atoms with van der Waals surface area (Å²) in [7, 11) is 0. The van der Waals surface area contributed by atoms with E-state index >= 15 is 0 Å². The second-order valence-corrected chi connectivity index (χ2v) is 6.86. The van der Waals surface area contributed by atoms with E-state index in [2.05, 4.69) is 29.9 Å². The molecule has 0 N–H and O–H groups in total. The molecule has 1 atom stereocenters. The zero-order valence-electron chi connectivity index (χ0n) is 13.2. The van der Waals surface area contributed by atoms with Gasteiger partial charge in [-0.3, -0.25) is 4.90 Å². The van der Waals surface area contributed by atoms with Crippen LogP contribution in [0.15, 0.2) is 12.1 Å². The molecule has 1 spiro atoms. The number of benzene rings is 1. The van der Waals surface area contributed by atoms with Crippen LogP contribution in [-0.4, -0.2) is 31.2 Å². The highest BCUT2D eigenvalue weighted by molar-refractivity contribution is 5.53. The second-order valence-electron chi connectivity index (χ2n) is 6.86. The Bertz CT molecular complexity index is 625. The maximum atomic E-state index is 5.83. The Morgan fingerprint density at radius 2 is 1.91 bits per heavy atom. The van der Waals surface area contributed by atoms with Gasteiger partial charge in [0.25, 0.3) is 0 Å². The van der Waals surface area contributed by atoms with E-state index in [-0.39, 0.29) is 5.41 Å². The lowest BCUT2D eigenvalue weighted by molar-refractivity contribution is 0.147. The van der Waals surface area contributed by atoms with Crippen molar-refractivity contribution in [3.8, 4) is 23.8 Å². The average molecular weight is 297 g/mol. The van der Waals surface area contributed by atoms with E-state index in [1.165, 1.54) is 36.8 Å². The molecule has 2 heterocycles. The molecule has 0 amide bonds. The molecule has 4 rings (SSSR count). The summed E-state index contributed by atoms with van der Waals surface area (Å²) in [4.78, 5) is 2.45. The van der Waals surface area contributed by atoms with Crippen molar-refractivity contribution in [3.05, 3.63) is 23.3 Å².